The SMILES string of the molecule is Cc1nccc(C2CCCN2C(=O)c2cnn3cccnc23)n1. The van der Waals surface area contributed by atoms with Crippen LogP contribution in [0.15, 0.2) is 36.9 Å². The molecule has 1 atom stereocenters. The van der Waals surface area contributed by atoms with E-state index in [1.807, 2.05) is 17.9 Å². The van der Waals surface area contributed by atoms with E-state index in [0.717, 1.165) is 30.9 Å². The molecular formula is C16H16N6O. The summed E-state index contributed by atoms with van der Waals surface area (Å²) >= 11 is 0. The molecule has 3 aromatic heterocycles. The van der Waals surface area contributed by atoms with Gasteiger partial charge in [-0.2, -0.15) is 5.10 Å². The van der Waals surface area contributed by atoms with E-state index < -0.39 is 0 Å². The van der Waals surface area contributed by atoms with Crippen LogP contribution in [0.4, 0.5) is 0 Å². The zero-order chi connectivity index (χ0) is 15.8. The van der Waals surface area contributed by atoms with E-state index in [-0.39, 0.29) is 11.9 Å². The Balaban J connectivity index is 1.70. The number of amides is 1. The van der Waals surface area contributed by atoms with Crippen molar-refractivity contribution >= 4 is 11.6 Å². The summed E-state index contributed by atoms with van der Waals surface area (Å²) in [5.74, 6) is 0.678. The van der Waals surface area contributed by atoms with E-state index in [9.17, 15) is 4.79 Å². The lowest BCUT2D eigenvalue weighted by Gasteiger charge is -2.24. The highest BCUT2D eigenvalue weighted by atomic mass is 16.2. The highest BCUT2D eigenvalue weighted by molar-refractivity contribution is 5.99. The van der Waals surface area contributed by atoms with Crippen molar-refractivity contribution in [3.63, 3.8) is 0 Å². The van der Waals surface area contributed by atoms with Gasteiger partial charge in [0.05, 0.1) is 17.9 Å². The molecule has 7 heteroatoms. The maximum Gasteiger partial charge on any atom is 0.259 e. The van der Waals surface area contributed by atoms with Crippen LogP contribution in [-0.4, -0.2) is 41.9 Å². The number of carbonyl (C=O) groups excluding carboxylic acids is 1. The van der Waals surface area contributed by atoms with Crippen molar-refractivity contribution in [1.29, 1.82) is 0 Å². The summed E-state index contributed by atoms with van der Waals surface area (Å²) in [6.45, 7) is 2.58. The van der Waals surface area contributed by atoms with Crippen LogP contribution >= 0.6 is 0 Å². The van der Waals surface area contributed by atoms with Gasteiger partial charge in [0.25, 0.3) is 5.91 Å². The van der Waals surface area contributed by atoms with Crippen molar-refractivity contribution in [2.24, 2.45) is 0 Å². The second-order valence-electron chi connectivity index (χ2n) is 5.63. The number of hydrogen-bond donors (Lipinski definition) is 0. The third-order valence-corrected chi connectivity index (χ3v) is 4.16. The molecule has 1 aliphatic heterocycles. The monoisotopic (exact) mass is 308 g/mol. The van der Waals surface area contributed by atoms with Crippen LogP contribution in [0.2, 0.25) is 0 Å². The van der Waals surface area contributed by atoms with Crippen molar-refractivity contribution in [1.82, 2.24) is 29.5 Å². The molecule has 1 fully saturated rings. The van der Waals surface area contributed by atoms with Crippen molar-refractivity contribution in [3.8, 4) is 0 Å². The summed E-state index contributed by atoms with van der Waals surface area (Å²) in [6, 6.07) is 3.66. The lowest BCUT2D eigenvalue weighted by atomic mass is 10.1. The zero-order valence-corrected chi connectivity index (χ0v) is 12.8. The third-order valence-electron chi connectivity index (χ3n) is 4.16. The van der Waals surface area contributed by atoms with Gasteiger partial charge >= 0.3 is 0 Å². The number of aryl methyl sites for hydroxylation is 1. The topological polar surface area (TPSA) is 76.3 Å². The van der Waals surface area contributed by atoms with Gasteiger partial charge in [0.1, 0.15) is 11.4 Å². The normalized spacial score (nSPS) is 17.8. The second kappa shape index (κ2) is 5.42. The fraction of sp³-hybridized carbons (Fsp3) is 0.312. The Kier molecular flexibility index (Phi) is 3.25. The molecule has 7 nitrogen and oxygen atoms in total. The number of fused-ring (bicyclic) bond motifs is 1. The highest BCUT2D eigenvalue weighted by Gasteiger charge is 2.33. The number of carbonyl (C=O) groups is 1. The van der Waals surface area contributed by atoms with Gasteiger partial charge in [0.2, 0.25) is 0 Å². The Hall–Kier alpha value is -2.83. The first-order chi connectivity index (χ1) is 11.2. The van der Waals surface area contributed by atoms with Crippen molar-refractivity contribution in [2.45, 2.75) is 25.8 Å². The first-order valence-electron chi connectivity index (χ1n) is 7.63. The maximum absolute atomic E-state index is 13.0. The number of hydrogen-bond acceptors (Lipinski definition) is 5. The van der Waals surface area contributed by atoms with Crippen LogP contribution in [0.3, 0.4) is 0 Å². The van der Waals surface area contributed by atoms with Crippen LogP contribution in [0, 0.1) is 6.92 Å². The van der Waals surface area contributed by atoms with Crippen molar-refractivity contribution in [3.05, 3.63) is 54.0 Å². The molecule has 0 bridgehead atoms. The smallest absolute Gasteiger partial charge is 0.259 e. The molecule has 3 aromatic rings. The van der Waals surface area contributed by atoms with Gasteiger partial charge in [-0.15, -0.1) is 0 Å². The van der Waals surface area contributed by atoms with Gasteiger partial charge < -0.3 is 4.90 Å². The van der Waals surface area contributed by atoms with Gasteiger partial charge in [-0.1, -0.05) is 0 Å². The molecule has 0 radical (unpaired) electrons. The lowest BCUT2D eigenvalue weighted by Crippen LogP contribution is -2.31. The number of rotatable bonds is 2. The molecule has 1 aliphatic rings. The Morgan fingerprint density at radius 3 is 3.09 bits per heavy atom. The lowest BCUT2D eigenvalue weighted by molar-refractivity contribution is 0.0734. The Bertz CT molecular complexity index is 874. The maximum atomic E-state index is 13.0. The number of likely N-dealkylation sites (tertiary alicyclic amines) is 1. The number of nitrogens with zero attached hydrogens (tertiary/aromatic N) is 6. The molecular weight excluding hydrogens is 292 g/mol. The molecule has 1 amide bonds. The van der Waals surface area contributed by atoms with Crippen molar-refractivity contribution < 1.29 is 4.79 Å². The molecule has 1 saturated heterocycles. The summed E-state index contributed by atoms with van der Waals surface area (Å²) in [7, 11) is 0. The largest absolute Gasteiger partial charge is 0.330 e. The summed E-state index contributed by atoms with van der Waals surface area (Å²) in [6.07, 6.45) is 8.67. The second-order valence-corrected chi connectivity index (χ2v) is 5.63. The Morgan fingerprint density at radius 1 is 1.30 bits per heavy atom. The number of aromatic nitrogens is 5. The molecule has 23 heavy (non-hydrogen) atoms. The molecule has 0 aromatic carbocycles. The molecule has 0 spiro atoms. The van der Waals surface area contributed by atoms with Crippen LogP contribution < -0.4 is 0 Å². The molecule has 4 rings (SSSR count). The fourth-order valence-electron chi connectivity index (χ4n) is 3.11. The molecule has 116 valence electrons. The summed E-state index contributed by atoms with van der Waals surface area (Å²) < 4.78 is 1.62. The van der Waals surface area contributed by atoms with E-state index >= 15 is 0 Å². The standard InChI is InChI=1S/C16H16N6O/c1-11-17-7-5-13(20-11)14-4-2-8-21(14)16(23)12-10-19-22-9-3-6-18-15(12)22/h3,5-7,9-10,14H,2,4,8H2,1H3. The van der Waals surface area contributed by atoms with Crippen LogP contribution in [0.1, 0.15) is 40.8 Å². The summed E-state index contributed by atoms with van der Waals surface area (Å²) in [5, 5.41) is 4.20. The molecule has 0 saturated carbocycles. The highest BCUT2D eigenvalue weighted by Crippen LogP contribution is 2.32. The predicted molar refractivity (Wildman–Crippen MR) is 82.8 cm³/mol. The van der Waals surface area contributed by atoms with E-state index in [0.29, 0.717) is 11.2 Å². The van der Waals surface area contributed by atoms with Gasteiger partial charge in [0.15, 0.2) is 5.65 Å². The average molecular weight is 308 g/mol. The molecule has 0 aliphatic carbocycles. The molecule has 4 heterocycles. The van der Waals surface area contributed by atoms with Gasteiger partial charge in [0, 0.05) is 25.1 Å². The van der Waals surface area contributed by atoms with Crippen LogP contribution in [0.5, 0.6) is 0 Å². The van der Waals surface area contributed by atoms with Gasteiger partial charge in [-0.05, 0) is 31.9 Å². The minimum atomic E-state index is -0.0440. The van der Waals surface area contributed by atoms with Crippen LogP contribution in [0.25, 0.3) is 5.65 Å². The minimum absolute atomic E-state index is 0.0112. The van der Waals surface area contributed by atoms with Gasteiger partial charge in [-0.25, -0.2) is 19.5 Å². The summed E-state index contributed by atoms with van der Waals surface area (Å²) in [4.78, 5) is 27.7. The van der Waals surface area contributed by atoms with Gasteiger partial charge in [-0.3, -0.25) is 4.79 Å². The Morgan fingerprint density at radius 2 is 2.22 bits per heavy atom. The summed E-state index contributed by atoms with van der Waals surface area (Å²) in [5.41, 5.74) is 2.01. The third kappa shape index (κ3) is 2.34. The average Bonchev–Trinajstić information content (AvgIpc) is 3.21. The first kappa shape index (κ1) is 13.8. The van der Waals surface area contributed by atoms with E-state index in [1.54, 1.807) is 35.4 Å². The van der Waals surface area contributed by atoms with Crippen molar-refractivity contribution in [2.75, 3.05) is 6.54 Å². The molecule has 0 N–H and O–H groups in total. The van der Waals surface area contributed by atoms with Crippen LogP contribution in [-0.2, 0) is 0 Å². The minimum Gasteiger partial charge on any atom is -0.330 e. The van der Waals surface area contributed by atoms with E-state index in [2.05, 4.69) is 20.1 Å². The van der Waals surface area contributed by atoms with E-state index in [1.165, 1.54) is 0 Å². The molecule has 1 unspecified atom stereocenters. The van der Waals surface area contributed by atoms with E-state index in [4.69, 9.17) is 0 Å². The fourth-order valence-corrected chi connectivity index (χ4v) is 3.11. The predicted octanol–water partition coefficient (Wildman–Crippen LogP) is 1.81. The quantitative estimate of drug-likeness (QED) is 0.721. The zero-order valence-electron chi connectivity index (χ0n) is 12.8. The Labute approximate surface area is 133 Å². The first-order valence-corrected chi connectivity index (χ1v) is 7.63.